The molecule has 0 spiro atoms. The summed E-state index contributed by atoms with van der Waals surface area (Å²) in [7, 11) is 0. The van der Waals surface area contributed by atoms with Gasteiger partial charge in [0.25, 0.3) is 0 Å². The van der Waals surface area contributed by atoms with E-state index in [1.165, 1.54) is 0 Å². The Morgan fingerprint density at radius 2 is 2.17 bits per heavy atom. The Morgan fingerprint density at radius 3 is 2.50 bits per heavy atom. The molecule has 12 heavy (non-hydrogen) atoms. The van der Waals surface area contributed by atoms with Crippen molar-refractivity contribution in [3.63, 3.8) is 0 Å². The van der Waals surface area contributed by atoms with E-state index in [2.05, 4.69) is 0 Å². The van der Waals surface area contributed by atoms with Gasteiger partial charge in [-0.2, -0.15) is 0 Å². The molecular weight excluding hydrogens is 152 g/mol. The summed E-state index contributed by atoms with van der Waals surface area (Å²) in [4.78, 5) is 10.9. The van der Waals surface area contributed by atoms with Crippen molar-refractivity contribution >= 4 is 5.97 Å². The summed E-state index contributed by atoms with van der Waals surface area (Å²) in [5, 5.41) is 8.97. The zero-order valence-electron chi connectivity index (χ0n) is 7.66. The normalized spacial score (nSPS) is 26.6. The number of rotatable bonds is 1. The van der Waals surface area contributed by atoms with E-state index < -0.39 is 5.97 Å². The lowest BCUT2D eigenvalue weighted by Gasteiger charge is -2.31. The number of carboxylic acids is 1. The number of hydrogen-bond acceptors (Lipinski definition) is 1. The molecule has 0 amide bonds. The summed E-state index contributed by atoms with van der Waals surface area (Å²) in [5.74, 6) is -1.11. The van der Waals surface area contributed by atoms with Crippen LogP contribution < -0.4 is 0 Å². The van der Waals surface area contributed by atoms with Gasteiger partial charge in [-0.1, -0.05) is 37.6 Å². The smallest absolute Gasteiger partial charge is 0.311 e. The number of allylic oxidation sites excluding steroid dienone is 3. The molecule has 2 heteroatoms. The first-order valence-electron chi connectivity index (χ1n) is 4.04. The van der Waals surface area contributed by atoms with Crippen molar-refractivity contribution in [3.05, 3.63) is 23.8 Å². The summed E-state index contributed by atoms with van der Waals surface area (Å²) in [5.41, 5.74) is 0.667. The van der Waals surface area contributed by atoms with Crippen LogP contribution in [0.1, 0.15) is 20.8 Å². The Bertz CT molecular complexity index is 259. The van der Waals surface area contributed by atoms with Gasteiger partial charge in [0.05, 0.1) is 5.92 Å². The maximum Gasteiger partial charge on any atom is 0.311 e. The zero-order chi connectivity index (χ0) is 9.35. The largest absolute Gasteiger partial charge is 0.481 e. The van der Waals surface area contributed by atoms with Gasteiger partial charge in [0, 0.05) is 0 Å². The first-order chi connectivity index (χ1) is 5.45. The lowest BCUT2D eigenvalue weighted by Crippen LogP contribution is -2.31. The average molecular weight is 166 g/mol. The third kappa shape index (κ3) is 1.42. The standard InChI is InChI=1S/C10H14O2/c1-7-5-4-6-10(2,3)8(7)9(11)12/h4-6,8H,1-3H3,(H,11,12). The molecule has 0 saturated heterocycles. The molecule has 1 unspecified atom stereocenters. The fourth-order valence-corrected chi connectivity index (χ4v) is 1.74. The maximum absolute atomic E-state index is 10.9. The van der Waals surface area contributed by atoms with Crippen LogP contribution in [0.15, 0.2) is 23.8 Å². The van der Waals surface area contributed by atoms with Gasteiger partial charge in [0.2, 0.25) is 0 Å². The number of aliphatic carboxylic acids is 1. The second-order valence-corrected chi connectivity index (χ2v) is 3.86. The molecule has 0 aromatic rings. The Kier molecular flexibility index (Phi) is 2.09. The summed E-state index contributed by atoms with van der Waals surface area (Å²) in [6.45, 7) is 5.75. The first-order valence-corrected chi connectivity index (χ1v) is 4.04. The molecule has 0 aromatic carbocycles. The molecule has 2 nitrogen and oxygen atoms in total. The van der Waals surface area contributed by atoms with Gasteiger partial charge in [0.15, 0.2) is 0 Å². The monoisotopic (exact) mass is 166 g/mol. The van der Waals surface area contributed by atoms with E-state index in [4.69, 9.17) is 5.11 Å². The SMILES string of the molecule is CC1=CC=CC(C)(C)C1C(=O)O. The number of hydrogen-bond donors (Lipinski definition) is 1. The van der Waals surface area contributed by atoms with Crippen LogP contribution in [0.5, 0.6) is 0 Å². The molecule has 1 aliphatic carbocycles. The lowest BCUT2D eigenvalue weighted by atomic mass is 9.72. The number of carboxylic acid groups (broad SMARTS) is 1. The molecular formula is C10H14O2. The Morgan fingerprint density at radius 1 is 1.58 bits per heavy atom. The third-order valence-electron chi connectivity index (χ3n) is 2.33. The van der Waals surface area contributed by atoms with Crippen LogP contribution >= 0.6 is 0 Å². The minimum atomic E-state index is -0.738. The minimum Gasteiger partial charge on any atom is -0.481 e. The summed E-state index contributed by atoms with van der Waals surface area (Å²) in [6.07, 6.45) is 5.73. The summed E-state index contributed by atoms with van der Waals surface area (Å²) >= 11 is 0. The molecule has 66 valence electrons. The van der Waals surface area contributed by atoms with Crippen molar-refractivity contribution in [1.29, 1.82) is 0 Å². The van der Waals surface area contributed by atoms with E-state index in [9.17, 15) is 4.79 Å². The molecule has 0 fully saturated rings. The molecule has 1 aliphatic rings. The lowest BCUT2D eigenvalue weighted by molar-refractivity contribution is -0.143. The average Bonchev–Trinajstić information content (AvgIpc) is 1.82. The van der Waals surface area contributed by atoms with Gasteiger partial charge in [-0.25, -0.2) is 0 Å². The minimum absolute atomic E-state index is 0.259. The fraction of sp³-hybridized carbons (Fsp3) is 0.500. The van der Waals surface area contributed by atoms with Gasteiger partial charge < -0.3 is 5.11 Å². The van der Waals surface area contributed by atoms with Crippen molar-refractivity contribution in [2.45, 2.75) is 20.8 Å². The van der Waals surface area contributed by atoms with Crippen LogP contribution in [0.25, 0.3) is 0 Å². The molecule has 0 heterocycles. The van der Waals surface area contributed by atoms with Crippen LogP contribution in [0.3, 0.4) is 0 Å². The van der Waals surface area contributed by atoms with Crippen LogP contribution in [0.2, 0.25) is 0 Å². The van der Waals surface area contributed by atoms with Crippen molar-refractivity contribution in [2.24, 2.45) is 11.3 Å². The second kappa shape index (κ2) is 2.77. The van der Waals surface area contributed by atoms with Crippen LogP contribution in [-0.4, -0.2) is 11.1 Å². The molecule has 0 aromatic heterocycles. The third-order valence-corrected chi connectivity index (χ3v) is 2.33. The Hall–Kier alpha value is -1.05. The van der Waals surface area contributed by atoms with Crippen LogP contribution in [-0.2, 0) is 4.79 Å². The van der Waals surface area contributed by atoms with E-state index >= 15 is 0 Å². The highest BCUT2D eigenvalue weighted by Crippen LogP contribution is 2.36. The predicted octanol–water partition coefficient (Wildman–Crippen LogP) is 2.23. The van der Waals surface area contributed by atoms with Gasteiger partial charge >= 0.3 is 5.97 Å². The van der Waals surface area contributed by atoms with Gasteiger partial charge in [0.1, 0.15) is 0 Å². The quantitative estimate of drug-likeness (QED) is 0.648. The highest BCUT2D eigenvalue weighted by atomic mass is 16.4. The van der Waals surface area contributed by atoms with Crippen molar-refractivity contribution in [3.8, 4) is 0 Å². The Balaban J connectivity index is 3.03. The molecule has 0 aliphatic heterocycles. The van der Waals surface area contributed by atoms with Crippen molar-refractivity contribution in [1.82, 2.24) is 0 Å². The molecule has 0 bridgehead atoms. The molecule has 1 atom stereocenters. The van der Waals surface area contributed by atoms with Crippen LogP contribution in [0.4, 0.5) is 0 Å². The topological polar surface area (TPSA) is 37.3 Å². The molecule has 0 saturated carbocycles. The Labute approximate surface area is 72.6 Å². The molecule has 1 N–H and O–H groups in total. The summed E-state index contributed by atoms with van der Waals surface area (Å²) < 4.78 is 0. The fourth-order valence-electron chi connectivity index (χ4n) is 1.74. The van der Waals surface area contributed by atoms with E-state index in [0.29, 0.717) is 0 Å². The van der Waals surface area contributed by atoms with Gasteiger partial charge in [-0.3, -0.25) is 4.79 Å². The van der Waals surface area contributed by atoms with E-state index in [1.807, 2.05) is 39.0 Å². The highest BCUT2D eigenvalue weighted by molar-refractivity contribution is 5.75. The highest BCUT2D eigenvalue weighted by Gasteiger charge is 2.35. The number of carbonyl (C=O) groups is 1. The summed E-state index contributed by atoms with van der Waals surface area (Å²) in [6, 6.07) is 0. The van der Waals surface area contributed by atoms with Crippen LogP contribution in [0, 0.1) is 11.3 Å². The zero-order valence-corrected chi connectivity index (χ0v) is 7.66. The van der Waals surface area contributed by atoms with E-state index in [1.54, 1.807) is 0 Å². The van der Waals surface area contributed by atoms with Gasteiger partial charge in [-0.05, 0) is 12.3 Å². The van der Waals surface area contributed by atoms with Crippen molar-refractivity contribution in [2.75, 3.05) is 0 Å². The maximum atomic E-state index is 10.9. The van der Waals surface area contributed by atoms with E-state index in [0.717, 1.165) is 5.57 Å². The van der Waals surface area contributed by atoms with E-state index in [-0.39, 0.29) is 11.3 Å². The van der Waals surface area contributed by atoms with Crippen molar-refractivity contribution < 1.29 is 9.90 Å². The van der Waals surface area contributed by atoms with Gasteiger partial charge in [-0.15, -0.1) is 0 Å². The molecule has 0 radical (unpaired) electrons. The molecule has 1 rings (SSSR count). The first kappa shape index (κ1) is 9.04. The second-order valence-electron chi connectivity index (χ2n) is 3.86. The predicted molar refractivity (Wildman–Crippen MR) is 47.8 cm³/mol.